The zero-order valence-corrected chi connectivity index (χ0v) is 12.3. The van der Waals surface area contributed by atoms with Crippen LogP contribution < -0.4 is 10.6 Å². The third-order valence-corrected chi connectivity index (χ3v) is 3.60. The maximum Gasteiger partial charge on any atom is 0.238 e. The van der Waals surface area contributed by atoms with Gasteiger partial charge in [-0.1, -0.05) is 17.7 Å². The van der Waals surface area contributed by atoms with Gasteiger partial charge in [0.1, 0.15) is 9.84 Å². The molecule has 5 nitrogen and oxygen atoms in total. The summed E-state index contributed by atoms with van der Waals surface area (Å²) in [6.45, 7) is 3.80. The maximum absolute atomic E-state index is 11.6. The molecule has 1 aromatic rings. The summed E-state index contributed by atoms with van der Waals surface area (Å²) < 4.78 is 22.1. The number of hydrogen-bond acceptors (Lipinski definition) is 4. The van der Waals surface area contributed by atoms with Crippen molar-refractivity contribution in [1.82, 2.24) is 5.32 Å². The monoisotopic (exact) mass is 284 g/mol. The van der Waals surface area contributed by atoms with Crippen molar-refractivity contribution in [1.29, 1.82) is 0 Å². The van der Waals surface area contributed by atoms with E-state index >= 15 is 0 Å². The number of carbonyl (C=O) groups is 1. The molecule has 1 unspecified atom stereocenters. The summed E-state index contributed by atoms with van der Waals surface area (Å²) >= 11 is 0. The third-order valence-electron chi connectivity index (χ3n) is 2.50. The molecule has 0 bridgehead atoms. The summed E-state index contributed by atoms with van der Waals surface area (Å²) in [6.07, 6.45) is 1.18. The van der Waals surface area contributed by atoms with E-state index in [0.29, 0.717) is 0 Å². The summed E-state index contributed by atoms with van der Waals surface area (Å²) in [5.41, 5.74) is 1.85. The summed E-state index contributed by atoms with van der Waals surface area (Å²) in [5.74, 6) is -0.172. The van der Waals surface area contributed by atoms with E-state index in [1.165, 1.54) is 6.26 Å². The summed E-state index contributed by atoms with van der Waals surface area (Å²) in [4.78, 5) is 11.6. The number of carbonyl (C=O) groups excluding carboxylic acids is 1. The van der Waals surface area contributed by atoms with Crippen LogP contribution in [-0.4, -0.2) is 38.9 Å². The van der Waals surface area contributed by atoms with E-state index in [-0.39, 0.29) is 24.2 Å². The molecule has 0 aromatic heterocycles. The molecule has 0 saturated heterocycles. The molecule has 0 aliphatic carbocycles. The van der Waals surface area contributed by atoms with Crippen LogP contribution >= 0.6 is 0 Å². The Morgan fingerprint density at radius 2 is 1.84 bits per heavy atom. The average Bonchev–Trinajstić information content (AvgIpc) is 2.27. The van der Waals surface area contributed by atoms with Crippen molar-refractivity contribution < 1.29 is 13.2 Å². The van der Waals surface area contributed by atoms with Crippen molar-refractivity contribution in [2.24, 2.45) is 0 Å². The zero-order chi connectivity index (χ0) is 14.5. The molecule has 0 saturated carbocycles. The predicted octanol–water partition coefficient (Wildman–Crippen LogP) is 0.956. The molecule has 106 valence electrons. The number of hydrogen-bond donors (Lipinski definition) is 2. The molecule has 0 spiro atoms. The normalized spacial score (nSPS) is 13.0. The van der Waals surface area contributed by atoms with Crippen LogP contribution in [0.4, 0.5) is 5.69 Å². The van der Waals surface area contributed by atoms with E-state index < -0.39 is 9.84 Å². The van der Waals surface area contributed by atoms with Crippen LogP contribution in [0, 0.1) is 6.92 Å². The lowest BCUT2D eigenvalue weighted by Crippen LogP contribution is -2.38. The lowest BCUT2D eigenvalue weighted by Gasteiger charge is -2.12. The van der Waals surface area contributed by atoms with E-state index in [9.17, 15) is 13.2 Å². The summed E-state index contributed by atoms with van der Waals surface area (Å²) in [7, 11) is -3.03. The number of nitrogens with one attached hydrogen (secondary N) is 2. The highest BCUT2D eigenvalue weighted by Gasteiger charge is 2.11. The van der Waals surface area contributed by atoms with E-state index in [2.05, 4.69) is 10.6 Å². The number of benzene rings is 1. The Labute approximate surface area is 114 Å². The Morgan fingerprint density at radius 3 is 2.37 bits per heavy atom. The maximum atomic E-state index is 11.6. The van der Waals surface area contributed by atoms with Crippen molar-refractivity contribution in [3.63, 3.8) is 0 Å². The van der Waals surface area contributed by atoms with Crippen LogP contribution in [0.25, 0.3) is 0 Å². The number of rotatable bonds is 6. The molecule has 19 heavy (non-hydrogen) atoms. The molecule has 0 aliphatic heterocycles. The van der Waals surface area contributed by atoms with Gasteiger partial charge in [0.05, 0.1) is 12.3 Å². The molecule has 1 aromatic carbocycles. The van der Waals surface area contributed by atoms with Gasteiger partial charge >= 0.3 is 0 Å². The van der Waals surface area contributed by atoms with E-state index in [1.54, 1.807) is 6.92 Å². The fraction of sp³-hybridized carbons (Fsp3) is 0.462. The van der Waals surface area contributed by atoms with Gasteiger partial charge in [0.2, 0.25) is 5.91 Å². The quantitative estimate of drug-likeness (QED) is 0.816. The Morgan fingerprint density at radius 1 is 1.26 bits per heavy atom. The first-order valence-electron chi connectivity index (χ1n) is 6.04. The highest BCUT2D eigenvalue weighted by Crippen LogP contribution is 2.07. The van der Waals surface area contributed by atoms with Gasteiger partial charge in [0.15, 0.2) is 0 Å². The summed E-state index contributed by atoms with van der Waals surface area (Å²) in [6, 6.07) is 7.23. The van der Waals surface area contributed by atoms with Crippen LogP contribution in [0.5, 0.6) is 0 Å². The first-order valence-corrected chi connectivity index (χ1v) is 8.10. The Bertz CT molecular complexity index is 523. The molecule has 0 heterocycles. The second kappa shape index (κ2) is 6.68. The fourth-order valence-electron chi connectivity index (χ4n) is 1.62. The van der Waals surface area contributed by atoms with Gasteiger partial charge in [-0.2, -0.15) is 0 Å². The number of anilines is 1. The molecule has 1 atom stereocenters. The SMILES string of the molecule is Cc1ccc(NC(=O)CNC(C)CS(C)(=O)=O)cc1. The first-order chi connectivity index (χ1) is 8.76. The van der Waals surface area contributed by atoms with Gasteiger partial charge in [-0.05, 0) is 26.0 Å². The molecule has 0 aliphatic rings. The van der Waals surface area contributed by atoms with Gasteiger partial charge in [0.25, 0.3) is 0 Å². The molecule has 6 heteroatoms. The van der Waals surface area contributed by atoms with E-state index in [4.69, 9.17) is 0 Å². The molecule has 1 amide bonds. The zero-order valence-electron chi connectivity index (χ0n) is 11.4. The minimum absolute atomic E-state index is 0.0187. The Kier molecular flexibility index (Phi) is 5.50. The van der Waals surface area contributed by atoms with Gasteiger partial charge in [-0.15, -0.1) is 0 Å². The molecule has 1 rings (SSSR count). The van der Waals surface area contributed by atoms with Crippen molar-refractivity contribution >= 4 is 21.4 Å². The van der Waals surface area contributed by atoms with Crippen LogP contribution in [0.3, 0.4) is 0 Å². The van der Waals surface area contributed by atoms with Crippen LogP contribution in [-0.2, 0) is 14.6 Å². The topological polar surface area (TPSA) is 75.3 Å². The molecule has 2 N–H and O–H groups in total. The van der Waals surface area contributed by atoms with Gasteiger partial charge < -0.3 is 10.6 Å². The molecular weight excluding hydrogens is 264 g/mol. The van der Waals surface area contributed by atoms with E-state index in [1.807, 2.05) is 31.2 Å². The lowest BCUT2D eigenvalue weighted by molar-refractivity contribution is -0.115. The third kappa shape index (κ3) is 6.93. The first kappa shape index (κ1) is 15.7. The standard InChI is InChI=1S/C13H20N2O3S/c1-10-4-6-12(7-5-10)15-13(16)8-14-11(2)9-19(3,17)18/h4-7,11,14H,8-9H2,1-3H3,(H,15,16). The van der Waals surface area contributed by atoms with Crippen molar-refractivity contribution in [2.45, 2.75) is 19.9 Å². The minimum atomic E-state index is -3.03. The lowest BCUT2D eigenvalue weighted by atomic mass is 10.2. The fourth-order valence-corrected chi connectivity index (χ4v) is 2.65. The van der Waals surface area contributed by atoms with Crippen molar-refractivity contribution in [2.75, 3.05) is 23.9 Å². The highest BCUT2D eigenvalue weighted by molar-refractivity contribution is 7.90. The largest absolute Gasteiger partial charge is 0.325 e. The van der Waals surface area contributed by atoms with Gasteiger partial charge in [-0.25, -0.2) is 8.42 Å². The smallest absolute Gasteiger partial charge is 0.238 e. The molecular formula is C13H20N2O3S. The van der Waals surface area contributed by atoms with Crippen LogP contribution in [0.2, 0.25) is 0 Å². The molecule has 0 radical (unpaired) electrons. The average molecular weight is 284 g/mol. The minimum Gasteiger partial charge on any atom is -0.325 e. The second-order valence-electron chi connectivity index (χ2n) is 4.79. The van der Waals surface area contributed by atoms with Crippen LogP contribution in [0.1, 0.15) is 12.5 Å². The van der Waals surface area contributed by atoms with Gasteiger partial charge in [0, 0.05) is 18.0 Å². The van der Waals surface area contributed by atoms with Gasteiger partial charge in [-0.3, -0.25) is 4.79 Å². The molecule has 0 fully saturated rings. The van der Waals surface area contributed by atoms with E-state index in [0.717, 1.165) is 11.3 Å². The predicted molar refractivity (Wildman–Crippen MR) is 77.0 cm³/mol. The number of sulfone groups is 1. The Hall–Kier alpha value is -1.40. The second-order valence-corrected chi connectivity index (χ2v) is 6.97. The summed E-state index contributed by atoms with van der Waals surface area (Å²) in [5, 5.41) is 5.62. The Balaban J connectivity index is 2.38. The van der Waals surface area contributed by atoms with Crippen molar-refractivity contribution in [3.8, 4) is 0 Å². The van der Waals surface area contributed by atoms with Crippen molar-refractivity contribution in [3.05, 3.63) is 29.8 Å². The van der Waals surface area contributed by atoms with Crippen LogP contribution in [0.15, 0.2) is 24.3 Å². The number of amides is 1. The number of aryl methyl sites for hydroxylation is 1. The highest BCUT2D eigenvalue weighted by atomic mass is 32.2.